The van der Waals surface area contributed by atoms with Crippen molar-refractivity contribution in [3.8, 4) is 0 Å². The van der Waals surface area contributed by atoms with E-state index < -0.39 is 4.92 Å². The molecule has 1 aliphatic heterocycles. The van der Waals surface area contributed by atoms with Crippen molar-refractivity contribution in [1.29, 1.82) is 0 Å². The molecule has 4 rings (SSSR count). The number of ether oxygens (including phenoxy) is 1. The molecule has 0 saturated carbocycles. The van der Waals surface area contributed by atoms with Gasteiger partial charge in [-0.3, -0.25) is 14.9 Å². The van der Waals surface area contributed by atoms with Crippen LogP contribution in [0.4, 0.5) is 17.1 Å². The first-order chi connectivity index (χ1) is 13.6. The van der Waals surface area contributed by atoms with E-state index in [9.17, 15) is 14.9 Å². The molecule has 7 heteroatoms. The zero-order valence-corrected chi connectivity index (χ0v) is 15.1. The Hall–Kier alpha value is -3.45. The topological polar surface area (TPSA) is 84.7 Å². The molecule has 1 fully saturated rings. The number of carbonyl (C=O) groups is 1. The van der Waals surface area contributed by atoms with Crippen LogP contribution in [-0.2, 0) is 4.74 Å². The van der Waals surface area contributed by atoms with Crippen molar-refractivity contribution in [2.75, 3.05) is 36.5 Å². The second kappa shape index (κ2) is 7.66. The van der Waals surface area contributed by atoms with Crippen molar-refractivity contribution in [3.05, 3.63) is 76.3 Å². The lowest BCUT2D eigenvalue weighted by molar-refractivity contribution is -0.384. The number of anilines is 2. The number of amides is 1. The van der Waals surface area contributed by atoms with Crippen LogP contribution >= 0.6 is 0 Å². The van der Waals surface area contributed by atoms with E-state index in [1.807, 2.05) is 47.4 Å². The standard InChI is InChI=1S/C21H19N3O4/c25-21(22-18-7-5-15-3-1-2-4-16(15)13-18)17-6-8-19(20(14-17)24(26)27)23-9-11-28-12-10-23/h1-8,13-14H,9-12H2,(H,22,25). The maximum atomic E-state index is 12.6. The van der Waals surface area contributed by atoms with E-state index in [0.717, 1.165) is 10.8 Å². The Morgan fingerprint density at radius 2 is 1.75 bits per heavy atom. The van der Waals surface area contributed by atoms with Crippen molar-refractivity contribution in [2.24, 2.45) is 0 Å². The van der Waals surface area contributed by atoms with E-state index in [-0.39, 0.29) is 17.2 Å². The van der Waals surface area contributed by atoms with E-state index in [1.165, 1.54) is 6.07 Å². The fraction of sp³-hybridized carbons (Fsp3) is 0.190. The third-order valence-electron chi connectivity index (χ3n) is 4.79. The molecule has 1 aliphatic rings. The number of carbonyl (C=O) groups excluding carboxylic acids is 1. The molecular weight excluding hydrogens is 358 g/mol. The predicted octanol–water partition coefficient (Wildman–Crippen LogP) is 3.84. The summed E-state index contributed by atoms with van der Waals surface area (Å²) in [5, 5.41) is 16.5. The molecule has 0 unspecified atom stereocenters. The van der Waals surface area contributed by atoms with Gasteiger partial charge in [0.2, 0.25) is 0 Å². The smallest absolute Gasteiger partial charge is 0.293 e. The van der Waals surface area contributed by atoms with Crippen LogP contribution < -0.4 is 10.2 Å². The Labute approximate surface area is 161 Å². The van der Waals surface area contributed by atoms with Crippen LogP contribution in [0.1, 0.15) is 10.4 Å². The first-order valence-electron chi connectivity index (χ1n) is 9.03. The molecule has 0 aromatic heterocycles. The summed E-state index contributed by atoms with van der Waals surface area (Å²) in [6.07, 6.45) is 0. The first-order valence-corrected chi connectivity index (χ1v) is 9.03. The van der Waals surface area contributed by atoms with Gasteiger partial charge in [-0.15, -0.1) is 0 Å². The number of nitrogens with zero attached hydrogens (tertiary/aromatic N) is 2. The van der Waals surface area contributed by atoms with Gasteiger partial charge in [0.05, 0.1) is 18.1 Å². The van der Waals surface area contributed by atoms with Crippen molar-refractivity contribution in [2.45, 2.75) is 0 Å². The van der Waals surface area contributed by atoms with Gasteiger partial charge in [-0.05, 0) is 35.0 Å². The van der Waals surface area contributed by atoms with E-state index in [2.05, 4.69) is 5.32 Å². The quantitative estimate of drug-likeness (QED) is 0.552. The molecule has 0 atom stereocenters. The van der Waals surface area contributed by atoms with Gasteiger partial charge in [0.1, 0.15) is 5.69 Å². The highest BCUT2D eigenvalue weighted by atomic mass is 16.6. The summed E-state index contributed by atoms with van der Waals surface area (Å²) in [5.74, 6) is -0.382. The third-order valence-corrected chi connectivity index (χ3v) is 4.79. The van der Waals surface area contributed by atoms with E-state index >= 15 is 0 Å². The lowest BCUT2D eigenvalue weighted by Crippen LogP contribution is -2.36. The van der Waals surface area contributed by atoms with E-state index in [0.29, 0.717) is 37.7 Å². The summed E-state index contributed by atoms with van der Waals surface area (Å²) in [6, 6.07) is 18.1. The number of rotatable bonds is 4. The number of hydrogen-bond acceptors (Lipinski definition) is 5. The van der Waals surface area contributed by atoms with Crippen molar-refractivity contribution in [3.63, 3.8) is 0 Å². The van der Waals surface area contributed by atoms with Gasteiger partial charge in [0, 0.05) is 30.4 Å². The largest absolute Gasteiger partial charge is 0.378 e. The molecule has 142 valence electrons. The maximum Gasteiger partial charge on any atom is 0.293 e. The Kier molecular flexibility index (Phi) is 4.90. The molecule has 0 aliphatic carbocycles. The van der Waals surface area contributed by atoms with Crippen molar-refractivity contribution >= 4 is 33.7 Å². The van der Waals surface area contributed by atoms with E-state index in [1.54, 1.807) is 12.1 Å². The molecule has 1 N–H and O–H groups in total. The zero-order chi connectivity index (χ0) is 19.5. The second-order valence-electron chi connectivity index (χ2n) is 6.58. The summed E-state index contributed by atoms with van der Waals surface area (Å²) in [5.41, 5.74) is 1.32. The zero-order valence-electron chi connectivity index (χ0n) is 15.1. The van der Waals surface area contributed by atoms with Crippen LogP contribution in [0.25, 0.3) is 10.8 Å². The highest BCUT2D eigenvalue weighted by molar-refractivity contribution is 6.06. The first kappa shape index (κ1) is 17.9. The molecule has 0 bridgehead atoms. The number of morpholine rings is 1. The van der Waals surface area contributed by atoms with Gasteiger partial charge in [-0.2, -0.15) is 0 Å². The average Bonchev–Trinajstić information content (AvgIpc) is 2.73. The molecule has 3 aromatic carbocycles. The van der Waals surface area contributed by atoms with Crippen LogP contribution in [0.3, 0.4) is 0 Å². The predicted molar refractivity (Wildman–Crippen MR) is 108 cm³/mol. The van der Waals surface area contributed by atoms with Gasteiger partial charge in [-0.25, -0.2) is 0 Å². The molecule has 28 heavy (non-hydrogen) atoms. The lowest BCUT2D eigenvalue weighted by Gasteiger charge is -2.28. The minimum atomic E-state index is -0.447. The van der Waals surface area contributed by atoms with Crippen LogP contribution in [0.5, 0.6) is 0 Å². The molecule has 0 spiro atoms. The van der Waals surface area contributed by atoms with Gasteiger partial charge < -0.3 is 15.0 Å². The summed E-state index contributed by atoms with van der Waals surface area (Å²) in [7, 11) is 0. The number of hydrogen-bond donors (Lipinski definition) is 1. The Bertz CT molecular complexity index is 1040. The molecule has 3 aromatic rings. The molecule has 0 radical (unpaired) electrons. The normalized spacial score (nSPS) is 14.1. The minimum absolute atomic E-state index is 0.0759. The summed E-state index contributed by atoms with van der Waals surface area (Å²) in [4.78, 5) is 25.7. The average molecular weight is 377 g/mol. The number of nitro groups is 1. The summed E-state index contributed by atoms with van der Waals surface area (Å²) < 4.78 is 5.30. The molecule has 1 amide bonds. The fourth-order valence-electron chi connectivity index (χ4n) is 3.35. The Morgan fingerprint density at radius 3 is 2.50 bits per heavy atom. The van der Waals surface area contributed by atoms with Gasteiger partial charge in [0.25, 0.3) is 11.6 Å². The molecule has 1 saturated heterocycles. The van der Waals surface area contributed by atoms with Crippen molar-refractivity contribution < 1.29 is 14.5 Å². The number of fused-ring (bicyclic) bond motifs is 1. The Balaban J connectivity index is 1.59. The summed E-state index contributed by atoms with van der Waals surface area (Å²) in [6.45, 7) is 2.23. The Morgan fingerprint density at radius 1 is 1.00 bits per heavy atom. The van der Waals surface area contributed by atoms with Gasteiger partial charge >= 0.3 is 0 Å². The van der Waals surface area contributed by atoms with Crippen LogP contribution in [-0.4, -0.2) is 37.1 Å². The van der Waals surface area contributed by atoms with Crippen LogP contribution in [0.2, 0.25) is 0 Å². The highest BCUT2D eigenvalue weighted by Crippen LogP contribution is 2.30. The second-order valence-corrected chi connectivity index (χ2v) is 6.58. The van der Waals surface area contributed by atoms with E-state index in [4.69, 9.17) is 4.74 Å². The molecule has 1 heterocycles. The maximum absolute atomic E-state index is 12.6. The molecule has 7 nitrogen and oxygen atoms in total. The highest BCUT2D eigenvalue weighted by Gasteiger charge is 2.23. The number of nitrogens with one attached hydrogen (secondary N) is 1. The van der Waals surface area contributed by atoms with Crippen LogP contribution in [0, 0.1) is 10.1 Å². The number of benzene rings is 3. The fourth-order valence-corrected chi connectivity index (χ4v) is 3.35. The third kappa shape index (κ3) is 3.65. The lowest BCUT2D eigenvalue weighted by atomic mass is 10.1. The minimum Gasteiger partial charge on any atom is -0.378 e. The van der Waals surface area contributed by atoms with Gasteiger partial charge in [0.15, 0.2) is 0 Å². The monoisotopic (exact) mass is 377 g/mol. The SMILES string of the molecule is O=C(Nc1ccc2ccccc2c1)c1ccc(N2CCOCC2)c([N+](=O)[O-])c1. The summed E-state index contributed by atoms with van der Waals surface area (Å²) >= 11 is 0. The number of nitro benzene ring substituents is 1. The van der Waals surface area contributed by atoms with Crippen LogP contribution in [0.15, 0.2) is 60.7 Å². The molecular formula is C21H19N3O4. The van der Waals surface area contributed by atoms with Crippen molar-refractivity contribution in [1.82, 2.24) is 0 Å². The van der Waals surface area contributed by atoms with Gasteiger partial charge in [-0.1, -0.05) is 30.3 Å².